The minimum absolute atomic E-state index is 0.0731. The number of nitrogens with zero attached hydrogens (tertiary/aromatic N) is 7. The normalized spacial score (nSPS) is 13.3. The SMILES string of the molecule is C#Cc1cc(Nc2ncnc3cnc(CC(=O)/C=C/C[N+](C)(C)CC4=C([N+](=O)[O-])N=C(C#N)C4)cc23)ccc1Br. The maximum absolute atomic E-state index is 12.7. The maximum Gasteiger partial charge on any atom is 0.369 e. The average Bonchev–Trinajstić information content (AvgIpc) is 3.32. The van der Waals surface area contributed by atoms with Gasteiger partial charge < -0.3 is 19.9 Å². The van der Waals surface area contributed by atoms with Gasteiger partial charge in [-0.15, -0.1) is 6.42 Å². The summed E-state index contributed by atoms with van der Waals surface area (Å²) in [6, 6.07) is 9.21. The number of pyridine rings is 1. The number of fused-ring (bicyclic) bond motifs is 1. The van der Waals surface area contributed by atoms with Gasteiger partial charge in [-0.2, -0.15) is 5.26 Å². The molecule has 0 bridgehead atoms. The van der Waals surface area contributed by atoms with E-state index in [2.05, 4.69) is 47.1 Å². The van der Waals surface area contributed by atoms with Gasteiger partial charge in [0.15, 0.2) is 5.78 Å². The Kier molecular flexibility index (Phi) is 8.43. The van der Waals surface area contributed by atoms with Crippen molar-refractivity contribution in [3.63, 3.8) is 0 Å². The fraction of sp³-hybridized carbons (Fsp3) is 0.214. The van der Waals surface area contributed by atoms with Crippen molar-refractivity contribution in [3.05, 3.63) is 86.2 Å². The molecule has 0 atom stereocenters. The first kappa shape index (κ1) is 28.2. The maximum atomic E-state index is 12.7. The first-order chi connectivity index (χ1) is 19.1. The Balaban J connectivity index is 1.43. The number of hydrogen-bond acceptors (Lipinski definition) is 9. The van der Waals surface area contributed by atoms with Crippen LogP contribution in [0.25, 0.3) is 10.9 Å². The van der Waals surface area contributed by atoms with Crippen LogP contribution in [0.2, 0.25) is 0 Å². The Bertz CT molecular complexity index is 1700. The molecule has 0 fully saturated rings. The first-order valence-corrected chi connectivity index (χ1v) is 12.9. The summed E-state index contributed by atoms with van der Waals surface area (Å²) in [6.45, 7) is 0.773. The molecule has 1 aromatic carbocycles. The van der Waals surface area contributed by atoms with E-state index in [4.69, 9.17) is 11.7 Å². The molecule has 11 nitrogen and oxygen atoms in total. The van der Waals surface area contributed by atoms with Crippen LogP contribution < -0.4 is 5.32 Å². The van der Waals surface area contributed by atoms with Gasteiger partial charge in [-0.05, 0) is 62.3 Å². The van der Waals surface area contributed by atoms with Gasteiger partial charge in [0.05, 0.1) is 50.8 Å². The summed E-state index contributed by atoms with van der Waals surface area (Å²) in [7, 11) is 3.78. The third kappa shape index (κ3) is 6.80. The number of nitro groups is 1. The van der Waals surface area contributed by atoms with E-state index >= 15 is 0 Å². The molecule has 0 unspecified atom stereocenters. The number of allylic oxidation sites excluding steroid dienone is 1. The molecule has 200 valence electrons. The number of carbonyl (C=O) groups excluding carboxylic acids is 1. The Labute approximate surface area is 238 Å². The van der Waals surface area contributed by atoms with E-state index in [1.807, 2.05) is 38.4 Å². The Morgan fingerprint density at radius 3 is 2.83 bits per heavy atom. The fourth-order valence-electron chi connectivity index (χ4n) is 4.23. The van der Waals surface area contributed by atoms with Crippen LogP contribution >= 0.6 is 15.9 Å². The molecule has 4 rings (SSSR count). The van der Waals surface area contributed by atoms with E-state index < -0.39 is 4.92 Å². The number of aromatic nitrogens is 3. The fourth-order valence-corrected chi connectivity index (χ4v) is 4.59. The van der Waals surface area contributed by atoms with E-state index in [9.17, 15) is 14.9 Å². The van der Waals surface area contributed by atoms with Gasteiger partial charge in [0.2, 0.25) is 5.71 Å². The zero-order valence-corrected chi connectivity index (χ0v) is 23.3. The predicted octanol–water partition coefficient (Wildman–Crippen LogP) is 4.11. The van der Waals surface area contributed by atoms with Crippen molar-refractivity contribution in [1.29, 1.82) is 5.26 Å². The van der Waals surface area contributed by atoms with Crippen molar-refractivity contribution in [2.24, 2.45) is 4.99 Å². The third-order valence-electron chi connectivity index (χ3n) is 6.08. The van der Waals surface area contributed by atoms with Crippen molar-refractivity contribution in [2.75, 3.05) is 32.5 Å². The topological polar surface area (TPSA) is 147 Å². The molecule has 2 aromatic heterocycles. The Morgan fingerprint density at radius 1 is 1.30 bits per heavy atom. The van der Waals surface area contributed by atoms with Crippen molar-refractivity contribution in [2.45, 2.75) is 12.8 Å². The summed E-state index contributed by atoms with van der Waals surface area (Å²) in [5, 5.41) is 24.3. The molecule has 12 heteroatoms. The molecular formula is C28H24BrN8O3+. The molecule has 0 spiro atoms. The van der Waals surface area contributed by atoms with E-state index in [1.54, 1.807) is 18.3 Å². The van der Waals surface area contributed by atoms with E-state index in [0.29, 0.717) is 51.1 Å². The molecule has 3 aromatic rings. The molecule has 3 heterocycles. The number of carbonyl (C=O) groups is 1. The standard InChI is InChI=1S/C28H24BrN8O3/c1-4-18-10-20(7-8-25(18)29)34-27-24-13-21(31-15-26(24)32-17-33-27)12-23(38)6-5-9-37(2,3)16-19-11-22(14-30)35-28(19)36(39)40/h1,5-8,10,13,15,17H,9,11-12,16H2,2-3H3,(H,32,33,34)/q+1/b6-5+. The summed E-state index contributed by atoms with van der Waals surface area (Å²) in [6.07, 6.45) is 12.1. The van der Waals surface area contributed by atoms with Crippen LogP contribution in [0.15, 0.2) is 69.8 Å². The highest BCUT2D eigenvalue weighted by atomic mass is 79.9. The van der Waals surface area contributed by atoms with Crippen LogP contribution in [0.4, 0.5) is 11.5 Å². The molecule has 0 saturated heterocycles. The molecule has 1 N–H and O–H groups in total. The Hall–Kier alpha value is -4.78. The minimum Gasteiger partial charge on any atom is -0.358 e. The molecule has 0 saturated carbocycles. The highest BCUT2D eigenvalue weighted by Crippen LogP contribution is 2.26. The number of anilines is 2. The summed E-state index contributed by atoms with van der Waals surface area (Å²) < 4.78 is 1.16. The van der Waals surface area contributed by atoms with Crippen LogP contribution in [0.1, 0.15) is 17.7 Å². The highest BCUT2D eigenvalue weighted by molar-refractivity contribution is 9.10. The number of likely N-dealkylation sites (N-methyl/N-ethyl adjacent to an activating group) is 1. The van der Waals surface area contributed by atoms with Gasteiger partial charge >= 0.3 is 5.82 Å². The third-order valence-corrected chi connectivity index (χ3v) is 6.77. The quantitative estimate of drug-likeness (QED) is 0.120. The lowest BCUT2D eigenvalue weighted by Gasteiger charge is -2.28. The number of terminal acetylenes is 1. The monoisotopic (exact) mass is 599 g/mol. The second-order valence-electron chi connectivity index (χ2n) is 9.73. The number of nitriles is 1. The summed E-state index contributed by atoms with van der Waals surface area (Å²) in [4.78, 5) is 40.3. The number of quaternary nitrogens is 1. The number of rotatable bonds is 10. The van der Waals surface area contributed by atoms with Crippen LogP contribution in [0, 0.1) is 33.8 Å². The molecule has 0 radical (unpaired) electrons. The van der Waals surface area contributed by atoms with Gasteiger partial charge in [0.25, 0.3) is 0 Å². The lowest BCUT2D eigenvalue weighted by Crippen LogP contribution is -2.41. The number of aliphatic imine (C=N–C) groups is 1. The van der Waals surface area contributed by atoms with Crippen molar-refractivity contribution >= 4 is 49.8 Å². The number of halogens is 1. The molecule has 1 aliphatic rings. The number of benzene rings is 1. The summed E-state index contributed by atoms with van der Waals surface area (Å²) in [5.41, 5.74) is 3.26. The molecular weight excluding hydrogens is 576 g/mol. The number of ketones is 1. The lowest BCUT2D eigenvalue weighted by atomic mass is 10.1. The second kappa shape index (κ2) is 11.9. The molecule has 0 aliphatic carbocycles. The number of hydrogen-bond donors (Lipinski definition) is 1. The average molecular weight is 600 g/mol. The summed E-state index contributed by atoms with van der Waals surface area (Å²) >= 11 is 3.42. The predicted molar refractivity (Wildman–Crippen MR) is 154 cm³/mol. The Morgan fingerprint density at radius 2 is 2.10 bits per heavy atom. The van der Waals surface area contributed by atoms with Gasteiger partial charge in [0.1, 0.15) is 24.8 Å². The first-order valence-electron chi connectivity index (χ1n) is 12.1. The van der Waals surface area contributed by atoms with Crippen LogP contribution in [0.5, 0.6) is 0 Å². The van der Waals surface area contributed by atoms with Gasteiger partial charge in [-0.25, -0.2) is 9.97 Å². The van der Waals surface area contributed by atoms with E-state index in [-0.39, 0.29) is 30.2 Å². The van der Waals surface area contributed by atoms with Crippen LogP contribution in [0.3, 0.4) is 0 Å². The van der Waals surface area contributed by atoms with Crippen LogP contribution in [-0.4, -0.2) is 63.0 Å². The van der Waals surface area contributed by atoms with Crippen molar-refractivity contribution < 1.29 is 14.2 Å². The number of nitrogens with one attached hydrogen (secondary N) is 1. The van der Waals surface area contributed by atoms with E-state index in [0.717, 1.165) is 10.2 Å². The molecule has 1 aliphatic heterocycles. The summed E-state index contributed by atoms with van der Waals surface area (Å²) in [5.74, 6) is 2.77. The van der Waals surface area contributed by atoms with Crippen LogP contribution in [-0.2, 0) is 11.2 Å². The smallest absolute Gasteiger partial charge is 0.358 e. The van der Waals surface area contributed by atoms with Gasteiger partial charge in [-0.3, -0.25) is 9.78 Å². The van der Waals surface area contributed by atoms with E-state index in [1.165, 1.54) is 12.4 Å². The van der Waals surface area contributed by atoms with Crippen molar-refractivity contribution in [1.82, 2.24) is 15.0 Å². The molecule has 0 amide bonds. The zero-order chi connectivity index (χ0) is 28.9. The largest absolute Gasteiger partial charge is 0.369 e. The van der Waals surface area contributed by atoms with Gasteiger partial charge in [-0.1, -0.05) is 5.92 Å². The highest BCUT2D eigenvalue weighted by Gasteiger charge is 2.33. The second-order valence-corrected chi connectivity index (χ2v) is 10.6. The lowest BCUT2D eigenvalue weighted by molar-refractivity contribution is -0.880. The zero-order valence-electron chi connectivity index (χ0n) is 21.8. The van der Waals surface area contributed by atoms with Crippen molar-refractivity contribution in [3.8, 4) is 18.4 Å². The van der Waals surface area contributed by atoms with Gasteiger partial charge in [0, 0.05) is 26.8 Å². The minimum atomic E-state index is -0.560. The molecule has 40 heavy (non-hydrogen) atoms.